The highest BCUT2D eigenvalue weighted by Crippen LogP contribution is 2.16. The van der Waals surface area contributed by atoms with Gasteiger partial charge in [0.15, 0.2) is 5.82 Å². The molecule has 132 valence electrons. The van der Waals surface area contributed by atoms with Crippen molar-refractivity contribution in [3.8, 4) is 0 Å². The number of hydrogen-bond acceptors (Lipinski definition) is 6. The van der Waals surface area contributed by atoms with Gasteiger partial charge in [-0.1, -0.05) is 29.5 Å². The third kappa shape index (κ3) is 4.38. The minimum absolute atomic E-state index is 0.0928. The Morgan fingerprint density at radius 1 is 1.40 bits per heavy atom. The second-order valence-corrected chi connectivity index (χ2v) is 6.01. The number of benzene rings is 1. The van der Waals surface area contributed by atoms with Gasteiger partial charge in [-0.15, -0.1) is 10.2 Å². The van der Waals surface area contributed by atoms with Crippen molar-refractivity contribution >= 4 is 11.8 Å². The Balaban J connectivity index is 1.62. The Labute approximate surface area is 145 Å². The number of nitrogens with one attached hydrogen (secondary N) is 3. The van der Waals surface area contributed by atoms with Crippen LogP contribution in [0.1, 0.15) is 23.4 Å². The molecule has 0 bridgehead atoms. The highest BCUT2D eigenvalue weighted by atomic mass is 16.2. The molecule has 2 heterocycles. The van der Waals surface area contributed by atoms with Gasteiger partial charge in [-0.05, 0) is 18.1 Å². The van der Waals surface area contributed by atoms with Gasteiger partial charge in [-0.3, -0.25) is 14.5 Å². The van der Waals surface area contributed by atoms with Crippen molar-refractivity contribution in [1.82, 2.24) is 36.2 Å². The third-order valence-corrected chi connectivity index (χ3v) is 4.29. The Morgan fingerprint density at radius 2 is 2.24 bits per heavy atom. The number of aromatic nitrogens is 4. The molecule has 1 aliphatic rings. The molecule has 25 heavy (non-hydrogen) atoms. The fourth-order valence-electron chi connectivity index (χ4n) is 2.86. The summed E-state index contributed by atoms with van der Waals surface area (Å²) in [5.41, 5.74) is 2.34. The molecule has 1 atom stereocenters. The highest BCUT2D eigenvalue weighted by Gasteiger charge is 2.31. The lowest BCUT2D eigenvalue weighted by molar-refractivity contribution is -0.134. The predicted octanol–water partition coefficient (Wildman–Crippen LogP) is -0.485. The van der Waals surface area contributed by atoms with Gasteiger partial charge >= 0.3 is 0 Å². The van der Waals surface area contributed by atoms with Gasteiger partial charge < -0.3 is 10.6 Å². The first-order valence-electron chi connectivity index (χ1n) is 8.19. The van der Waals surface area contributed by atoms with Crippen LogP contribution in [0, 0.1) is 6.92 Å². The molecule has 0 saturated carbocycles. The topological polar surface area (TPSA) is 116 Å². The van der Waals surface area contributed by atoms with Gasteiger partial charge in [-0.2, -0.15) is 5.21 Å². The minimum Gasteiger partial charge on any atom is -0.353 e. The number of carbonyl (C=O) groups is 2. The molecule has 9 heteroatoms. The lowest BCUT2D eigenvalue weighted by Crippen LogP contribution is -2.56. The second-order valence-electron chi connectivity index (χ2n) is 6.01. The molecule has 1 unspecified atom stereocenters. The van der Waals surface area contributed by atoms with Crippen LogP contribution in [-0.4, -0.2) is 56.5 Å². The minimum atomic E-state index is -0.487. The number of tetrazole rings is 1. The van der Waals surface area contributed by atoms with Crippen LogP contribution in [0.5, 0.6) is 0 Å². The van der Waals surface area contributed by atoms with E-state index in [1.54, 1.807) is 0 Å². The van der Waals surface area contributed by atoms with E-state index >= 15 is 0 Å². The predicted molar refractivity (Wildman–Crippen MR) is 89.0 cm³/mol. The van der Waals surface area contributed by atoms with E-state index in [2.05, 4.69) is 42.2 Å². The largest absolute Gasteiger partial charge is 0.353 e. The number of aromatic amines is 1. The van der Waals surface area contributed by atoms with E-state index in [4.69, 9.17) is 0 Å². The van der Waals surface area contributed by atoms with Gasteiger partial charge in [-0.25, -0.2) is 0 Å². The SMILES string of the molecule is Cc1ccccc1CN1CCNC(=O)C1CC(=O)NCc1nn[nH]n1. The quantitative estimate of drug-likeness (QED) is 0.652. The maximum atomic E-state index is 12.3. The van der Waals surface area contributed by atoms with E-state index in [0.717, 1.165) is 5.56 Å². The summed E-state index contributed by atoms with van der Waals surface area (Å²) >= 11 is 0. The van der Waals surface area contributed by atoms with Gasteiger partial charge in [0.25, 0.3) is 0 Å². The molecule has 0 aliphatic carbocycles. The molecule has 0 spiro atoms. The summed E-state index contributed by atoms with van der Waals surface area (Å²) in [6, 6.07) is 7.59. The van der Waals surface area contributed by atoms with Gasteiger partial charge in [0.1, 0.15) is 0 Å². The van der Waals surface area contributed by atoms with Crippen molar-refractivity contribution in [3.63, 3.8) is 0 Å². The highest BCUT2D eigenvalue weighted by molar-refractivity contribution is 5.88. The van der Waals surface area contributed by atoms with Gasteiger partial charge in [0.05, 0.1) is 19.0 Å². The van der Waals surface area contributed by atoms with Crippen LogP contribution in [0.3, 0.4) is 0 Å². The fraction of sp³-hybridized carbons (Fsp3) is 0.438. The first kappa shape index (κ1) is 17.0. The summed E-state index contributed by atoms with van der Waals surface area (Å²) in [7, 11) is 0. The van der Waals surface area contributed by atoms with Crippen LogP contribution in [0.25, 0.3) is 0 Å². The molecular formula is C16H21N7O2. The van der Waals surface area contributed by atoms with E-state index in [0.29, 0.717) is 25.5 Å². The summed E-state index contributed by atoms with van der Waals surface area (Å²) < 4.78 is 0. The van der Waals surface area contributed by atoms with E-state index in [1.807, 2.05) is 25.1 Å². The Hall–Kier alpha value is -2.81. The van der Waals surface area contributed by atoms with Gasteiger partial charge in [0, 0.05) is 19.6 Å². The average molecular weight is 343 g/mol. The van der Waals surface area contributed by atoms with E-state index in [9.17, 15) is 9.59 Å². The molecule has 1 aromatic carbocycles. The molecular weight excluding hydrogens is 322 g/mol. The van der Waals surface area contributed by atoms with Crippen LogP contribution in [-0.2, 0) is 22.7 Å². The van der Waals surface area contributed by atoms with Crippen molar-refractivity contribution in [2.24, 2.45) is 0 Å². The molecule has 1 saturated heterocycles. The van der Waals surface area contributed by atoms with E-state index < -0.39 is 6.04 Å². The Morgan fingerprint density at radius 3 is 3.00 bits per heavy atom. The fourth-order valence-corrected chi connectivity index (χ4v) is 2.86. The van der Waals surface area contributed by atoms with Gasteiger partial charge in [0.2, 0.25) is 11.8 Å². The zero-order valence-electron chi connectivity index (χ0n) is 14.0. The van der Waals surface area contributed by atoms with Crippen LogP contribution in [0.15, 0.2) is 24.3 Å². The van der Waals surface area contributed by atoms with E-state index in [1.165, 1.54) is 5.56 Å². The van der Waals surface area contributed by atoms with Crippen LogP contribution in [0.4, 0.5) is 0 Å². The van der Waals surface area contributed by atoms with Crippen LogP contribution in [0.2, 0.25) is 0 Å². The molecule has 1 aromatic heterocycles. The zero-order chi connectivity index (χ0) is 17.6. The molecule has 0 radical (unpaired) electrons. The number of aryl methyl sites for hydroxylation is 1. The van der Waals surface area contributed by atoms with Crippen LogP contribution < -0.4 is 10.6 Å². The number of rotatable bonds is 6. The summed E-state index contributed by atoms with van der Waals surface area (Å²) in [4.78, 5) is 26.5. The molecule has 1 aliphatic heterocycles. The number of carbonyl (C=O) groups excluding carboxylic acids is 2. The summed E-state index contributed by atoms with van der Waals surface area (Å²) in [5.74, 6) is 0.0643. The summed E-state index contributed by atoms with van der Waals surface area (Å²) in [6.45, 7) is 4.17. The summed E-state index contributed by atoms with van der Waals surface area (Å²) in [5, 5.41) is 18.9. The molecule has 2 amide bonds. The molecule has 3 N–H and O–H groups in total. The van der Waals surface area contributed by atoms with Crippen molar-refractivity contribution in [2.75, 3.05) is 13.1 Å². The number of nitrogens with zero attached hydrogens (tertiary/aromatic N) is 4. The second kappa shape index (κ2) is 7.84. The molecule has 3 rings (SSSR count). The van der Waals surface area contributed by atoms with Crippen LogP contribution >= 0.6 is 0 Å². The normalized spacial score (nSPS) is 18.0. The van der Waals surface area contributed by atoms with Crippen molar-refractivity contribution in [2.45, 2.75) is 32.5 Å². The van der Waals surface area contributed by atoms with Crippen molar-refractivity contribution < 1.29 is 9.59 Å². The summed E-state index contributed by atoms with van der Waals surface area (Å²) in [6.07, 6.45) is 0.0928. The Bertz CT molecular complexity index is 732. The van der Waals surface area contributed by atoms with E-state index in [-0.39, 0.29) is 24.8 Å². The smallest absolute Gasteiger partial charge is 0.237 e. The maximum absolute atomic E-state index is 12.3. The zero-order valence-corrected chi connectivity index (χ0v) is 14.0. The lowest BCUT2D eigenvalue weighted by Gasteiger charge is -2.35. The van der Waals surface area contributed by atoms with Crippen molar-refractivity contribution in [3.05, 3.63) is 41.2 Å². The Kier molecular flexibility index (Phi) is 5.34. The standard InChI is InChI=1S/C16H21N7O2/c1-11-4-2-3-5-12(11)10-23-7-6-17-16(25)13(23)8-15(24)18-9-14-19-21-22-20-14/h2-5,13H,6-10H2,1H3,(H,17,25)(H,18,24)(H,19,20,21,22). The molecule has 1 fully saturated rings. The maximum Gasteiger partial charge on any atom is 0.237 e. The number of H-pyrrole nitrogens is 1. The number of piperazine rings is 1. The lowest BCUT2D eigenvalue weighted by atomic mass is 10.0. The first-order valence-corrected chi connectivity index (χ1v) is 8.19. The molecule has 9 nitrogen and oxygen atoms in total. The monoisotopic (exact) mass is 343 g/mol. The number of amides is 2. The first-order chi connectivity index (χ1) is 12.1. The third-order valence-electron chi connectivity index (χ3n) is 4.29. The average Bonchev–Trinajstić information content (AvgIpc) is 3.12. The number of hydrogen-bond donors (Lipinski definition) is 3. The molecule has 2 aromatic rings. The van der Waals surface area contributed by atoms with Crippen molar-refractivity contribution in [1.29, 1.82) is 0 Å².